The van der Waals surface area contributed by atoms with Crippen molar-refractivity contribution in [2.24, 2.45) is 11.8 Å². The van der Waals surface area contributed by atoms with Gasteiger partial charge in [0.15, 0.2) is 0 Å². The molecule has 19 heavy (non-hydrogen) atoms. The highest BCUT2D eigenvalue weighted by atomic mass is 19.1. The predicted molar refractivity (Wildman–Crippen MR) is 76.2 cm³/mol. The summed E-state index contributed by atoms with van der Waals surface area (Å²) in [7, 11) is 0. The number of hydrogen-bond acceptors (Lipinski definition) is 1. The van der Waals surface area contributed by atoms with Crippen LogP contribution in [-0.4, -0.2) is 13.1 Å². The SMILES string of the molecule is CC(C)CNCCC(C)CCc1cc(F)ccc1F. The largest absolute Gasteiger partial charge is 0.316 e. The fraction of sp³-hybridized carbons (Fsp3) is 0.625. The highest BCUT2D eigenvalue weighted by Gasteiger charge is 2.07. The van der Waals surface area contributed by atoms with Crippen LogP contribution >= 0.6 is 0 Å². The molecule has 0 saturated carbocycles. The predicted octanol–water partition coefficient (Wildman–Crippen LogP) is 4.17. The van der Waals surface area contributed by atoms with E-state index in [0.29, 0.717) is 23.8 Å². The van der Waals surface area contributed by atoms with Crippen LogP contribution in [0.5, 0.6) is 0 Å². The van der Waals surface area contributed by atoms with Crippen molar-refractivity contribution >= 4 is 0 Å². The zero-order chi connectivity index (χ0) is 14.3. The molecule has 0 aliphatic heterocycles. The molecule has 0 bridgehead atoms. The van der Waals surface area contributed by atoms with E-state index >= 15 is 0 Å². The molecule has 108 valence electrons. The highest BCUT2D eigenvalue weighted by Crippen LogP contribution is 2.16. The quantitative estimate of drug-likeness (QED) is 0.698. The molecule has 1 atom stereocenters. The molecule has 0 fully saturated rings. The zero-order valence-corrected chi connectivity index (χ0v) is 12.2. The normalized spacial score (nSPS) is 12.9. The molecule has 0 saturated heterocycles. The first kappa shape index (κ1) is 16.1. The Morgan fingerprint density at radius 3 is 2.53 bits per heavy atom. The summed E-state index contributed by atoms with van der Waals surface area (Å²) in [5.74, 6) is 0.521. The van der Waals surface area contributed by atoms with Crippen LogP contribution in [0.15, 0.2) is 18.2 Å². The smallest absolute Gasteiger partial charge is 0.126 e. The Hall–Kier alpha value is -0.960. The van der Waals surface area contributed by atoms with Crippen LogP contribution in [0.2, 0.25) is 0 Å². The van der Waals surface area contributed by atoms with E-state index in [0.717, 1.165) is 32.0 Å². The number of nitrogens with one attached hydrogen (secondary N) is 1. The standard InChI is InChI=1S/C16H25F2N/c1-12(2)11-19-9-8-13(3)4-5-14-10-15(17)6-7-16(14)18/h6-7,10,12-13,19H,4-5,8-9,11H2,1-3H3. The molecule has 1 aromatic rings. The minimum atomic E-state index is -0.359. The van der Waals surface area contributed by atoms with Crippen molar-refractivity contribution in [2.45, 2.75) is 40.0 Å². The van der Waals surface area contributed by atoms with Gasteiger partial charge in [0.1, 0.15) is 11.6 Å². The van der Waals surface area contributed by atoms with Crippen molar-refractivity contribution < 1.29 is 8.78 Å². The van der Waals surface area contributed by atoms with Gasteiger partial charge in [-0.25, -0.2) is 8.78 Å². The van der Waals surface area contributed by atoms with Crippen LogP contribution < -0.4 is 5.32 Å². The molecule has 0 aliphatic rings. The average Bonchev–Trinajstić information content (AvgIpc) is 2.35. The van der Waals surface area contributed by atoms with E-state index in [2.05, 4.69) is 26.1 Å². The van der Waals surface area contributed by atoms with Crippen LogP contribution in [0.4, 0.5) is 8.78 Å². The fourth-order valence-corrected chi connectivity index (χ4v) is 2.02. The fourth-order valence-electron chi connectivity index (χ4n) is 2.02. The molecule has 0 radical (unpaired) electrons. The maximum atomic E-state index is 13.4. The molecule has 1 unspecified atom stereocenters. The highest BCUT2D eigenvalue weighted by molar-refractivity contribution is 5.18. The van der Waals surface area contributed by atoms with Gasteiger partial charge in [-0.2, -0.15) is 0 Å². The number of benzene rings is 1. The molecule has 1 aromatic carbocycles. The van der Waals surface area contributed by atoms with Gasteiger partial charge in [0.05, 0.1) is 0 Å². The molecule has 0 heterocycles. The Labute approximate surface area is 115 Å². The Kier molecular flexibility index (Phi) is 7.00. The Bertz CT molecular complexity index is 377. The summed E-state index contributed by atoms with van der Waals surface area (Å²) in [6, 6.07) is 3.68. The third-order valence-corrected chi connectivity index (χ3v) is 3.28. The molecule has 1 nitrogen and oxygen atoms in total. The summed E-state index contributed by atoms with van der Waals surface area (Å²) in [5.41, 5.74) is 0.488. The number of halogens is 2. The summed E-state index contributed by atoms with van der Waals surface area (Å²) in [6.45, 7) is 8.55. The summed E-state index contributed by atoms with van der Waals surface area (Å²) < 4.78 is 26.5. The number of hydrogen-bond donors (Lipinski definition) is 1. The molecule has 1 N–H and O–H groups in total. The topological polar surface area (TPSA) is 12.0 Å². The summed E-state index contributed by atoms with van der Waals surface area (Å²) in [5, 5.41) is 3.40. The second kappa shape index (κ2) is 8.26. The minimum Gasteiger partial charge on any atom is -0.316 e. The van der Waals surface area contributed by atoms with Gasteiger partial charge in [0.2, 0.25) is 0 Å². The summed E-state index contributed by atoms with van der Waals surface area (Å²) >= 11 is 0. The lowest BCUT2D eigenvalue weighted by Gasteiger charge is -2.13. The zero-order valence-electron chi connectivity index (χ0n) is 12.2. The lowest BCUT2D eigenvalue weighted by molar-refractivity contribution is 0.450. The van der Waals surface area contributed by atoms with E-state index in [4.69, 9.17) is 0 Å². The van der Waals surface area contributed by atoms with E-state index in [1.165, 1.54) is 12.1 Å². The van der Waals surface area contributed by atoms with E-state index in [1.54, 1.807) is 0 Å². The molecule has 0 aliphatic carbocycles. The lowest BCUT2D eigenvalue weighted by Crippen LogP contribution is -2.22. The summed E-state index contributed by atoms with van der Waals surface area (Å²) in [6.07, 6.45) is 2.57. The van der Waals surface area contributed by atoms with E-state index < -0.39 is 0 Å². The molecule has 3 heteroatoms. The molecule has 0 spiro atoms. The van der Waals surface area contributed by atoms with Crippen molar-refractivity contribution in [3.05, 3.63) is 35.4 Å². The van der Waals surface area contributed by atoms with Gasteiger partial charge in [-0.3, -0.25) is 0 Å². The van der Waals surface area contributed by atoms with Gasteiger partial charge < -0.3 is 5.32 Å². The third-order valence-electron chi connectivity index (χ3n) is 3.28. The molecule has 0 amide bonds. The first-order chi connectivity index (χ1) is 8.99. The molecular formula is C16H25F2N. The number of rotatable bonds is 8. The first-order valence-corrected chi connectivity index (χ1v) is 7.13. The van der Waals surface area contributed by atoms with Crippen molar-refractivity contribution in [3.8, 4) is 0 Å². The Balaban J connectivity index is 2.26. The van der Waals surface area contributed by atoms with Crippen molar-refractivity contribution in [1.29, 1.82) is 0 Å². The van der Waals surface area contributed by atoms with Crippen molar-refractivity contribution in [1.82, 2.24) is 5.32 Å². The van der Waals surface area contributed by atoms with Gasteiger partial charge >= 0.3 is 0 Å². The summed E-state index contributed by atoms with van der Waals surface area (Å²) in [4.78, 5) is 0. The maximum Gasteiger partial charge on any atom is 0.126 e. The molecular weight excluding hydrogens is 244 g/mol. The van der Waals surface area contributed by atoms with Gasteiger partial charge in [-0.05, 0) is 68.0 Å². The van der Waals surface area contributed by atoms with Crippen LogP contribution in [-0.2, 0) is 6.42 Å². The average molecular weight is 269 g/mol. The second-order valence-corrected chi connectivity index (χ2v) is 5.77. The molecule has 0 aromatic heterocycles. The molecule has 1 rings (SSSR count). The van der Waals surface area contributed by atoms with Crippen LogP contribution in [0.1, 0.15) is 39.2 Å². The van der Waals surface area contributed by atoms with Crippen molar-refractivity contribution in [2.75, 3.05) is 13.1 Å². The van der Waals surface area contributed by atoms with E-state index in [1.807, 2.05) is 0 Å². The second-order valence-electron chi connectivity index (χ2n) is 5.77. The monoisotopic (exact) mass is 269 g/mol. The maximum absolute atomic E-state index is 13.4. The first-order valence-electron chi connectivity index (χ1n) is 7.13. The minimum absolute atomic E-state index is 0.300. The van der Waals surface area contributed by atoms with E-state index in [9.17, 15) is 8.78 Å². The Morgan fingerprint density at radius 2 is 1.84 bits per heavy atom. The van der Waals surface area contributed by atoms with E-state index in [-0.39, 0.29) is 11.6 Å². The van der Waals surface area contributed by atoms with Crippen LogP contribution in [0, 0.1) is 23.5 Å². The lowest BCUT2D eigenvalue weighted by atomic mass is 9.98. The Morgan fingerprint density at radius 1 is 1.11 bits per heavy atom. The van der Waals surface area contributed by atoms with Gasteiger partial charge in [0, 0.05) is 0 Å². The van der Waals surface area contributed by atoms with Crippen molar-refractivity contribution in [3.63, 3.8) is 0 Å². The number of aryl methyl sites for hydroxylation is 1. The van der Waals surface area contributed by atoms with Crippen LogP contribution in [0.25, 0.3) is 0 Å². The third kappa shape index (κ3) is 6.67. The van der Waals surface area contributed by atoms with Crippen LogP contribution in [0.3, 0.4) is 0 Å². The van der Waals surface area contributed by atoms with Gasteiger partial charge in [-0.1, -0.05) is 20.8 Å². The van der Waals surface area contributed by atoms with Gasteiger partial charge in [-0.15, -0.1) is 0 Å². The van der Waals surface area contributed by atoms with Gasteiger partial charge in [0.25, 0.3) is 0 Å².